The molecule has 1 unspecified atom stereocenters. The van der Waals surface area contributed by atoms with Crippen molar-refractivity contribution in [3.8, 4) is 0 Å². The topological polar surface area (TPSA) is 46.2 Å². The van der Waals surface area contributed by atoms with E-state index in [1.165, 1.54) is 0 Å². The molecule has 1 atom stereocenters. The van der Waals surface area contributed by atoms with Gasteiger partial charge in [0, 0.05) is 12.6 Å². The Bertz CT molecular complexity index is 312. The van der Waals surface area contributed by atoms with Crippen LogP contribution in [0.25, 0.3) is 0 Å². The maximum absolute atomic E-state index is 11.7. The van der Waals surface area contributed by atoms with Crippen LogP contribution in [0.5, 0.6) is 0 Å². The third-order valence-corrected chi connectivity index (χ3v) is 5.15. The van der Waals surface area contributed by atoms with Crippen molar-refractivity contribution >= 4 is 9.84 Å². The second-order valence-electron chi connectivity index (χ2n) is 6.10. The van der Waals surface area contributed by atoms with E-state index in [1.807, 2.05) is 0 Å². The second-order valence-corrected chi connectivity index (χ2v) is 8.33. The van der Waals surface area contributed by atoms with E-state index in [9.17, 15) is 8.42 Å². The highest BCUT2D eigenvalue weighted by molar-refractivity contribution is 7.91. The van der Waals surface area contributed by atoms with E-state index >= 15 is 0 Å². The second kappa shape index (κ2) is 5.05. The summed E-state index contributed by atoms with van der Waals surface area (Å²) >= 11 is 0. The van der Waals surface area contributed by atoms with Crippen LogP contribution in [0, 0.1) is 11.3 Å². The molecule has 0 amide bonds. The van der Waals surface area contributed by atoms with Crippen molar-refractivity contribution < 1.29 is 8.42 Å². The van der Waals surface area contributed by atoms with Crippen LogP contribution < -0.4 is 5.32 Å². The fraction of sp³-hybridized carbons (Fsp3) is 1.00. The van der Waals surface area contributed by atoms with E-state index in [4.69, 9.17) is 0 Å². The van der Waals surface area contributed by atoms with Gasteiger partial charge in [-0.15, -0.1) is 0 Å². The molecule has 0 radical (unpaired) electrons. The fourth-order valence-electron chi connectivity index (χ4n) is 1.46. The predicted octanol–water partition coefficient (Wildman–Crippen LogP) is 1.84. The minimum Gasteiger partial charge on any atom is -0.313 e. The Hall–Kier alpha value is -0.0900. The summed E-state index contributed by atoms with van der Waals surface area (Å²) < 4.78 is 23.3. The molecule has 0 aromatic rings. The molecule has 1 aliphatic carbocycles. The van der Waals surface area contributed by atoms with Crippen molar-refractivity contribution in [2.24, 2.45) is 11.3 Å². The number of hydrogen-bond acceptors (Lipinski definition) is 3. The highest BCUT2D eigenvalue weighted by atomic mass is 32.2. The van der Waals surface area contributed by atoms with E-state index in [2.05, 4.69) is 33.0 Å². The molecule has 1 saturated carbocycles. The zero-order valence-electron chi connectivity index (χ0n) is 10.9. The third kappa shape index (κ3) is 5.30. The Morgan fingerprint density at radius 1 is 1.31 bits per heavy atom. The Morgan fingerprint density at radius 2 is 1.88 bits per heavy atom. The van der Waals surface area contributed by atoms with Crippen LogP contribution in [0.4, 0.5) is 0 Å². The van der Waals surface area contributed by atoms with Gasteiger partial charge in [0.2, 0.25) is 0 Å². The molecule has 1 fully saturated rings. The van der Waals surface area contributed by atoms with Gasteiger partial charge in [0.25, 0.3) is 0 Å². The van der Waals surface area contributed by atoms with Gasteiger partial charge in [0.1, 0.15) is 0 Å². The summed E-state index contributed by atoms with van der Waals surface area (Å²) in [5.74, 6) is 1.15. The van der Waals surface area contributed by atoms with Crippen LogP contribution in [-0.2, 0) is 9.84 Å². The molecule has 0 spiro atoms. The zero-order valence-corrected chi connectivity index (χ0v) is 11.7. The van der Waals surface area contributed by atoms with Crippen LogP contribution in [0.1, 0.15) is 40.5 Å². The van der Waals surface area contributed by atoms with Crippen LogP contribution in [0.2, 0.25) is 0 Å². The third-order valence-electron chi connectivity index (χ3n) is 3.35. The summed E-state index contributed by atoms with van der Waals surface area (Å²) in [5.41, 5.74) is 0.181. The minimum absolute atomic E-state index is 0.181. The van der Waals surface area contributed by atoms with Crippen molar-refractivity contribution in [3.63, 3.8) is 0 Å². The summed E-state index contributed by atoms with van der Waals surface area (Å²) in [6.07, 6.45) is 2.20. The van der Waals surface area contributed by atoms with Crippen molar-refractivity contribution in [1.82, 2.24) is 5.32 Å². The minimum atomic E-state index is -2.82. The Kier molecular flexibility index (Phi) is 4.41. The summed E-state index contributed by atoms with van der Waals surface area (Å²) in [6.45, 7) is 9.15. The number of hydrogen-bond donors (Lipinski definition) is 1. The van der Waals surface area contributed by atoms with E-state index in [-0.39, 0.29) is 11.2 Å². The first kappa shape index (κ1) is 14.0. The van der Waals surface area contributed by atoms with Gasteiger partial charge in [0.05, 0.1) is 11.5 Å². The maximum atomic E-state index is 11.7. The lowest BCUT2D eigenvalue weighted by Crippen LogP contribution is -2.40. The average Bonchev–Trinajstić information content (AvgIpc) is 2.85. The van der Waals surface area contributed by atoms with Gasteiger partial charge in [-0.05, 0) is 31.1 Å². The molecule has 0 aromatic heterocycles. The highest BCUT2D eigenvalue weighted by Gasteiger charge is 2.28. The van der Waals surface area contributed by atoms with Gasteiger partial charge in [-0.25, -0.2) is 8.42 Å². The molecule has 3 nitrogen and oxygen atoms in total. The maximum Gasteiger partial charge on any atom is 0.151 e. The molecule has 0 aliphatic heterocycles. The number of nitrogens with one attached hydrogen (secondary N) is 1. The van der Waals surface area contributed by atoms with Crippen molar-refractivity contribution in [2.75, 3.05) is 18.1 Å². The monoisotopic (exact) mass is 247 g/mol. The first-order valence-corrected chi connectivity index (χ1v) is 7.97. The van der Waals surface area contributed by atoms with Crippen molar-refractivity contribution in [1.29, 1.82) is 0 Å². The lowest BCUT2D eigenvalue weighted by Gasteiger charge is -2.28. The van der Waals surface area contributed by atoms with Gasteiger partial charge in [-0.2, -0.15) is 0 Å². The van der Waals surface area contributed by atoms with Crippen LogP contribution in [0.3, 0.4) is 0 Å². The molecule has 0 saturated heterocycles. The van der Waals surface area contributed by atoms with E-state index < -0.39 is 9.84 Å². The summed E-state index contributed by atoms with van der Waals surface area (Å²) in [6, 6.07) is 0.337. The Labute approximate surface area is 99.9 Å². The molecular formula is C12H25NO2S. The molecular weight excluding hydrogens is 222 g/mol. The van der Waals surface area contributed by atoms with Crippen molar-refractivity contribution in [3.05, 3.63) is 0 Å². The van der Waals surface area contributed by atoms with Crippen molar-refractivity contribution in [2.45, 2.75) is 46.6 Å². The number of rotatable bonds is 6. The fourth-order valence-corrected chi connectivity index (χ4v) is 3.11. The molecule has 4 heteroatoms. The van der Waals surface area contributed by atoms with E-state index in [0.29, 0.717) is 24.3 Å². The van der Waals surface area contributed by atoms with Crippen LogP contribution in [-0.4, -0.2) is 32.5 Å². The average molecular weight is 247 g/mol. The van der Waals surface area contributed by atoms with E-state index in [1.54, 1.807) is 0 Å². The smallest absolute Gasteiger partial charge is 0.151 e. The Balaban J connectivity index is 2.23. The molecule has 1 N–H and O–H groups in total. The molecule has 0 heterocycles. The molecule has 96 valence electrons. The van der Waals surface area contributed by atoms with Gasteiger partial charge in [-0.3, -0.25) is 0 Å². The molecule has 0 bridgehead atoms. The SMILES string of the molecule is CC(NCCS(=O)(=O)CC1CC1)C(C)(C)C. The summed E-state index contributed by atoms with van der Waals surface area (Å²) in [7, 11) is -2.82. The van der Waals surface area contributed by atoms with Crippen LogP contribution >= 0.6 is 0 Å². The van der Waals surface area contributed by atoms with Gasteiger partial charge in [0.15, 0.2) is 9.84 Å². The molecule has 1 rings (SSSR count). The number of sulfone groups is 1. The lowest BCUT2D eigenvalue weighted by atomic mass is 9.88. The van der Waals surface area contributed by atoms with Crippen LogP contribution in [0.15, 0.2) is 0 Å². The Morgan fingerprint density at radius 3 is 2.31 bits per heavy atom. The lowest BCUT2D eigenvalue weighted by molar-refractivity contribution is 0.291. The summed E-state index contributed by atoms with van der Waals surface area (Å²) in [4.78, 5) is 0. The van der Waals surface area contributed by atoms with Gasteiger partial charge >= 0.3 is 0 Å². The predicted molar refractivity (Wildman–Crippen MR) is 68.3 cm³/mol. The molecule has 0 aromatic carbocycles. The first-order chi connectivity index (χ1) is 7.21. The largest absolute Gasteiger partial charge is 0.313 e. The standard InChI is InChI=1S/C12H25NO2S/c1-10(12(2,3)4)13-7-8-16(14,15)9-11-5-6-11/h10-11,13H,5-9H2,1-4H3. The quantitative estimate of drug-likeness (QED) is 0.779. The summed E-state index contributed by atoms with van der Waals surface area (Å²) in [5, 5.41) is 3.29. The van der Waals surface area contributed by atoms with Gasteiger partial charge < -0.3 is 5.32 Å². The van der Waals surface area contributed by atoms with E-state index in [0.717, 1.165) is 12.8 Å². The highest BCUT2D eigenvalue weighted by Crippen LogP contribution is 2.30. The zero-order chi connectivity index (χ0) is 12.4. The van der Waals surface area contributed by atoms with Gasteiger partial charge in [-0.1, -0.05) is 20.8 Å². The normalized spacial score (nSPS) is 19.8. The molecule has 16 heavy (non-hydrogen) atoms. The molecule has 1 aliphatic rings. The first-order valence-electron chi connectivity index (χ1n) is 6.14.